The van der Waals surface area contributed by atoms with E-state index in [1.54, 1.807) is 0 Å². The van der Waals surface area contributed by atoms with Crippen LogP contribution in [0, 0.1) is 11.8 Å². The molecule has 0 saturated carbocycles. The number of aliphatic hydroxyl groups excluding tert-OH is 1. The molecule has 118 valence electrons. The van der Waals surface area contributed by atoms with Crippen LogP contribution in [0.15, 0.2) is 0 Å². The molecule has 3 heteroatoms. The van der Waals surface area contributed by atoms with E-state index in [0.29, 0.717) is 6.61 Å². The van der Waals surface area contributed by atoms with Crippen LogP contribution in [0.5, 0.6) is 0 Å². The Kier molecular flexibility index (Phi) is 7.92. The van der Waals surface area contributed by atoms with Crippen molar-refractivity contribution in [3.8, 4) is 0 Å². The van der Waals surface area contributed by atoms with Gasteiger partial charge in [-0.25, -0.2) is 0 Å². The van der Waals surface area contributed by atoms with Crippen molar-refractivity contribution in [2.75, 3.05) is 39.3 Å². The average molecular weight is 282 g/mol. The molecule has 0 radical (unpaired) electrons. The fourth-order valence-electron chi connectivity index (χ4n) is 3.80. The molecule has 0 aliphatic carbocycles. The molecule has 20 heavy (non-hydrogen) atoms. The number of hydrogen-bond donors (Lipinski definition) is 2. The minimum absolute atomic E-state index is 0.376. The molecule has 2 aliphatic rings. The summed E-state index contributed by atoms with van der Waals surface area (Å²) in [5, 5.41) is 12.5. The minimum atomic E-state index is 0.376. The summed E-state index contributed by atoms with van der Waals surface area (Å²) in [4.78, 5) is 2.63. The minimum Gasteiger partial charge on any atom is -0.396 e. The summed E-state index contributed by atoms with van der Waals surface area (Å²) in [5.41, 5.74) is 0. The normalized spacial score (nSPS) is 25.9. The second kappa shape index (κ2) is 9.75. The molecule has 3 nitrogen and oxygen atoms in total. The smallest absolute Gasteiger partial charge is 0.0433 e. The Morgan fingerprint density at radius 1 is 0.950 bits per heavy atom. The number of likely N-dealkylation sites (tertiary alicyclic amines) is 1. The molecule has 0 spiro atoms. The molecule has 2 saturated heterocycles. The van der Waals surface area contributed by atoms with Crippen LogP contribution in [-0.4, -0.2) is 49.3 Å². The Hall–Kier alpha value is -0.120. The number of aliphatic hydroxyl groups is 1. The molecule has 0 aromatic carbocycles. The summed E-state index contributed by atoms with van der Waals surface area (Å²) in [6.07, 6.45) is 12.1. The summed E-state index contributed by atoms with van der Waals surface area (Å²) < 4.78 is 0. The summed E-state index contributed by atoms with van der Waals surface area (Å²) in [6.45, 7) is 6.70. The van der Waals surface area contributed by atoms with Gasteiger partial charge in [0.15, 0.2) is 0 Å². The summed E-state index contributed by atoms with van der Waals surface area (Å²) >= 11 is 0. The van der Waals surface area contributed by atoms with E-state index in [1.807, 2.05) is 0 Å². The van der Waals surface area contributed by atoms with Crippen LogP contribution >= 0.6 is 0 Å². The third-order valence-electron chi connectivity index (χ3n) is 5.23. The highest BCUT2D eigenvalue weighted by atomic mass is 16.3. The Balaban J connectivity index is 1.43. The zero-order valence-electron chi connectivity index (χ0n) is 13.2. The van der Waals surface area contributed by atoms with Gasteiger partial charge in [0.05, 0.1) is 0 Å². The Morgan fingerprint density at radius 3 is 2.50 bits per heavy atom. The molecule has 2 rings (SSSR count). The van der Waals surface area contributed by atoms with E-state index in [4.69, 9.17) is 5.11 Å². The van der Waals surface area contributed by atoms with E-state index < -0.39 is 0 Å². The summed E-state index contributed by atoms with van der Waals surface area (Å²) in [6, 6.07) is 0. The highest BCUT2D eigenvalue weighted by Gasteiger charge is 2.18. The molecule has 2 N–H and O–H groups in total. The first kappa shape index (κ1) is 16.3. The van der Waals surface area contributed by atoms with Crippen LogP contribution < -0.4 is 5.32 Å². The van der Waals surface area contributed by atoms with Gasteiger partial charge in [-0.15, -0.1) is 0 Å². The molecule has 0 aromatic rings. The molecule has 2 aliphatic heterocycles. The van der Waals surface area contributed by atoms with Gasteiger partial charge in [0.2, 0.25) is 0 Å². The quantitative estimate of drug-likeness (QED) is 0.672. The number of nitrogens with one attached hydrogen (secondary N) is 1. The van der Waals surface area contributed by atoms with Crippen LogP contribution in [-0.2, 0) is 0 Å². The van der Waals surface area contributed by atoms with E-state index in [0.717, 1.165) is 18.3 Å². The average Bonchev–Trinajstić information content (AvgIpc) is 2.50. The standard InChI is InChI=1S/C17H34N2O/c20-14-9-16-7-12-19(13-8-16)11-3-1-2-5-17-6-4-10-18-15-17/h16-18,20H,1-15H2. The molecule has 1 unspecified atom stereocenters. The van der Waals surface area contributed by atoms with Crippen LogP contribution in [0.25, 0.3) is 0 Å². The molecular weight excluding hydrogens is 248 g/mol. The maximum Gasteiger partial charge on any atom is 0.0433 e. The third-order valence-corrected chi connectivity index (χ3v) is 5.23. The van der Waals surface area contributed by atoms with Gasteiger partial charge in [-0.1, -0.05) is 12.8 Å². The predicted molar refractivity (Wildman–Crippen MR) is 84.9 cm³/mol. The highest BCUT2D eigenvalue weighted by Crippen LogP contribution is 2.21. The predicted octanol–water partition coefficient (Wildman–Crippen LogP) is 2.64. The van der Waals surface area contributed by atoms with Gasteiger partial charge in [0.25, 0.3) is 0 Å². The summed E-state index contributed by atoms with van der Waals surface area (Å²) in [5.74, 6) is 1.74. The fourth-order valence-corrected chi connectivity index (χ4v) is 3.80. The van der Waals surface area contributed by atoms with Gasteiger partial charge in [-0.05, 0) is 89.5 Å². The lowest BCUT2D eigenvalue weighted by molar-refractivity contribution is 0.156. The van der Waals surface area contributed by atoms with E-state index in [2.05, 4.69) is 10.2 Å². The first-order valence-electron chi connectivity index (χ1n) is 8.92. The number of hydrogen-bond acceptors (Lipinski definition) is 3. The lowest BCUT2D eigenvalue weighted by Crippen LogP contribution is -2.34. The number of piperidine rings is 2. The van der Waals surface area contributed by atoms with Crippen LogP contribution in [0.2, 0.25) is 0 Å². The number of unbranched alkanes of at least 4 members (excludes halogenated alkanes) is 2. The van der Waals surface area contributed by atoms with Crippen LogP contribution in [0.3, 0.4) is 0 Å². The number of rotatable bonds is 8. The monoisotopic (exact) mass is 282 g/mol. The van der Waals surface area contributed by atoms with Gasteiger partial charge in [0, 0.05) is 6.61 Å². The fraction of sp³-hybridized carbons (Fsp3) is 1.00. The first-order chi connectivity index (χ1) is 9.88. The van der Waals surface area contributed by atoms with Gasteiger partial charge >= 0.3 is 0 Å². The highest BCUT2D eigenvalue weighted by molar-refractivity contribution is 4.72. The second-order valence-corrected chi connectivity index (χ2v) is 6.86. The van der Waals surface area contributed by atoms with Crippen LogP contribution in [0.1, 0.15) is 57.8 Å². The topological polar surface area (TPSA) is 35.5 Å². The van der Waals surface area contributed by atoms with Gasteiger partial charge < -0.3 is 15.3 Å². The molecule has 0 aromatic heterocycles. The molecule has 0 amide bonds. The maximum absolute atomic E-state index is 8.97. The van der Waals surface area contributed by atoms with E-state index in [1.165, 1.54) is 84.1 Å². The number of nitrogens with zero attached hydrogens (tertiary/aromatic N) is 1. The molecule has 2 fully saturated rings. The lowest BCUT2D eigenvalue weighted by Gasteiger charge is -2.31. The van der Waals surface area contributed by atoms with Gasteiger partial charge in [-0.2, -0.15) is 0 Å². The Morgan fingerprint density at radius 2 is 1.80 bits per heavy atom. The lowest BCUT2D eigenvalue weighted by atomic mass is 9.93. The van der Waals surface area contributed by atoms with Crippen molar-refractivity contribution in [2.45, 2.75) is 57.8 Å². The SMILES string of the molecule is OCCC1CCN(CCCCCC2CCCNC2)CC1. The molecular formula is C17H34N2O. The van der Waals surface area contributed by atoms with Crippen molar-refractivity contribution in [2.24, 2.45) is 11.8 Å². The van der Waals surface area contributed by atoms with Crippen molar-refractivity contribution in [3.63, 3.8) is 0 Å². The largest absolute Gasteiger partial charge is 0.396 e. The van der Waals surface area contributed by atoms with Gasteiger partial charge in [0.1, 0.15) is 0 Å². The Labute approximate surface area is 125 Å². The van der Waals surface area contributed by atoms with E-state index in [-0.39, 0.29) is 0 Å². The van der Waals surface area contributed by atoms with Crippen molar-refractivity contribution >= 4 is 0 Å². The van der Waals surface area contributed by atoms with Crippen molar-refractivity contribution in [3.05, 3.63) is 0 Å². The maximum atomic E-state index is 8.97. The van der Waals surface area contributed by atoms with Crippen molar-refractivity contribution in [1.82, 2.24) is 10.2 Å². The Bertz CT molecular complexity index is 233. The van der Waals surface area contributed by atoms with Crippen molar-refractivity contribution < 1.29 is 5.11 Å². The zero-order chi connectivity index (χ0) is 14.0. The van der Waals surface area contributed by atoms with E-state index in [9.17, 15) is 0 Å². The van der Waals surface area contributed by atoms with Crippen LogP contribution in [0.4, 0.5) is 0 Å². The molecule has 2 heterocycles. The van der Waals surface area contributed by atoms with Crippen molar-refractivity contribution in [1.29, 1.82) is 0 Å². The van der Waals surface area contributed by atoms with Gasteiger partial charge in [-0.3, -0.25) is 0 Å². The van der Waals surface area contributed by atoms with E-state index >= 15 is 0 Å². The second-order valence-electron chi connectivity index (χ2n) is 6.86. The third kappa shape index (κ3) is 6.11. The zero-order valence-corrected chi connectivity index (χ0v) is 13.2. The first-order valence-corrected chi connectivity index (χ1v) is 8.92. The summed E-state index contributed by atoms with van der Waals surface area (Å²) in [7, 11) is 0. The molecule has 0 bridgehead atoms. The molecule has 1 atom stereocenters.